The summed E-state index contributed by atoms with van der Waals surface area (Å²) in [5.74, 6) is 0.894. The second-order valence-electron chi connectivity index (χ2n) is 6.64. The maximum absolute atomic E-state index is 11.4. The van der Waals surface area contributed by atoms with Crippen LogP contribution in [0.25, 0.3) is 0 Å². The van der Waals surface area contributed by atoms with Crippen LogP contribution in [0.15, 0.2) is 0 Å². The average molecular weight is 241 g/mol. The number of ketones is 1. The van der Waals surface area contributed by atoms with Crippen LogP contribution >= 0.6 is 0 Å². The van der Waals surface area contributed by atoms with Gasteiger partial charge in [-0.15, -0.1) is 0 Å². The fourth-order valence-corrected chi connectivity index (χ4v) is 3.22. The Morgan fingerprint density at radius 2 is 1.71 bits per heavy atom. The normalized spacial score (nSPS) is 24.8. The van der Waals surface area contributed by atoms with Crippen LogP contribution in [0.1, 0.15) is 66.7 Å². The summed E-state index contributed by atoms with van der Waals surface area (Å²) in [6.45, 7) is 10.2. The molecule has 100 valence electrons. The van der Waals surface area contributed by atoms with E-state index in [1.807, 2.05) is 6.92 Å². The molecular formula is C14H27NO2. The number of hydrogen-bond donors (Lipinski definition) is 1. The first-order chi connectivity index (χ1) is 7.69. The van der Waals surface area contributed by atoms with Gasteiger partial charge in [0.15, 0.2) is 0 Å². The number of nitrogens with zero attached hydrogens (tertiary/aromatic N) is 1. The Morgan fingerprint density at radius 3 is 2.12 bits per heavy atom. The monoisotopic (exact) mass is 241 g/mol. The van der Waals surface area contributed by atoms with Crippen LogP contribution in [-0.2, 0) is 4.79 Å². The zero-order chi connectivity index (χ0) is 13.3. The minimum Gasteiger partial charge on any atom is -0.313 e. The molecule has 3 heteroatoms. The second-order valence-corrected chi connectivity index (χ2v) is 6.64. The summed E-state index contributed by atoms with van der Waals surface area (Å²) < 4.78 is 0. The van der Waals surface area contributed by atoms with Crippen molar-refractivity contribution < 1.29 is 10.0 Å². The van der Waals surface area contributed by atoms with Gasteiger partial charge < -0.3 is 5.21 Å². The lowest BCUT2D eigenvalue weighted by atomic mass is 9.73. The van der Waals surface area contributed by atoms with Gasteiger partial charge in [-0.2, -0.15) is 5.06 Å². The highest BCUT2D eigenvalue weighted by Crippen LogP contribution is 2.41. The van der Waals surface area contributed by atoms with Crippen molar-refractivity contribution in [2.24, 2.45) is 5.92 Å². The van der Waals surface area contributed by atoms with Gasteiger partial charge in [-0.25, -0.2) is 0 Å². The lowest BCUT2D eigenvalue weighted by Gasteiger charge is -2.51. The summed E-state index contributed by atoms with van der Waals surface area (Å²) in [5.41, 5.74) is -0.386. The largest absolute Gasteiger partial charge is 0.313 e. The molecule has 0 unspecified atom stereocenters. The standard InChI is InChI=1S/C14H27NO2/c1-6-12(16)8-7-11-9-13(2,3)15(17)14(4,5)10-11/h11,17H,6-10H2,1-5H3. The lowest BCUT2D eigenvalue weighted by molar-refractivity contribution is -0.251. The molecule has 1 fully saturated rings. The first kappa shape index (κ1) is 14.7. The third kappa shape index (κ3) is 3.52. The third-order valence-electron chi connectivity index (χ3n) is 3.95. The molecule has 3 nitrogen and oxygen atoms in total. The van der Waals surface area contributed by atoms with E-state index in [1.165, 1.54) is 5.06 Å². The maximum atomic E-state index is 11.4. The Balaban J connectivity index is 2.62. The number of hydrogen-bond acceptors (Lipinski definition) is 3. The fraction of sp³-hybridized carbons (Fsp3) is 0.929. The van der Waals surface area contributed by atoms with E-state index in [2.05, 4.69) is 27.7 Å². The van der Waals surface area contributed by atoms with E-state index in [0.29, 0.717) is 24.5 Å². The molecule has 1 rings (SSSR count). The van der Waals surface area contributed by atoms with Gasteiger partial charge in [0.1, 0.15) is 5.78 Å². The highest BCUT2D eigenvalue weighted by molar-refractivity contribution is 5.77. The Bertz CT molecular complexity index is 266. The molecule has 0 amide bonds. The molecule has 0 aromatic heterocycles. The fourth-order valence-electron chi connectivity index (χ4n) is 3.22. The predicted octanol–water partition coefficient (Wildman–Crippen LogP) is 3.40. The number of carbonyl (C=O) groups is 1. The van der Waals surface area contributed by atoms with E-state index in [1.54, 1.807) is 0 Å². The molecule has 0 spiro atoms. The lowest BCUT2D eigenvalue weighted by Crippen LogP contribution is -2.58. The van der Waals surface area contributed by atoms with E-state index < -0.39 is 0 Å². The van der Waals surface area contributed by atoms with Crippen LogP contribution in [0.2, 0.25) is 0 Å². The van der Waals surface area contributed by atoms with Crippen molar-refractivity contribution in [3.63, 3.8) is 0 Å². The van der Waals surface area contributed by atoms with Gasteiger partial charge in [-0.3, -0.25) is 4.79 Å². The van der Waals surface area contributed by atoms with Gasteiger partial charge >= 0.3 is 0 Å². The van der Waals surface area contributed by atoms with Crippen LogP contribution < -0.4 is 0 Å². The molecule has 0 atom stereocenters. The molecule has 0 aliphatic carbocycles. The molecule has 0 saturated carbocycles. The van der Waals surface area contributed by atoms with Crippen LogP contribution in [0.3, 0.4) is 0 Å². The zero-order valence-electron chi connectivity index (χ0n) is 11.9. The first-order valence-electron chi connectivity index (χ1n) is 6.70. The highest BCUT2D eigenvalue weighted by Gasteiger charge is 2.44. The van der Waals surface area contributed by atoms with E-state index in [9.17, 15) is 10.0 Å². The summed E-state index contributed by atoms with van der Waals surface area (Å²) in [7, 11) is 0. The molecule has 1 N–H and O–H groups in total. The third-order valence-corrected chi connectivity index (χ3v) is 3.95. The Kier molecular flexibility index (Phi) is 4.37. The van der Waals surface area contributed by atoms with Crippen LogP contribution in [0.5, 0.6) is 0 Å². The smallest absolute Gasteiger partial charge is 0.132 e. The van der Waals surface area contributed by atoms with Gasteiger partial charge in [-0.05, 0) is 52.9 Å². The van der Waals surface area contributed by atoms with Crippen molar-refractivity contribution in [2.75, 3.05) is 0 Å². The molecule has 1 aliphatic rings. The van der Waals surface area contributed by atoms with Crippen LogP contribution in [-0.4, -0.2) is 27.1 Å². The SMILES string of the molecule is CCC(=O)CCC1CC(C)(C)N(O)C(C)(C)C1. The number of piperidine rings is 1. The predicted molar refractivity (Wildman–Crippen MR) is 69.0 cm³/mol. The minimum absolute atomic E-state index is 0.193. The Morgan fingerprint density at radius 1 is 1.24 bits per heavy atom. The quantitative estimate of drug-likeness (QED) is 0.820. The molecule has 17 heavy (non-hydrogen) atoms. The van der Waals surface area contributed by atoms with Crippen molar-refractivity contribution in [1.29, 1.82) is 0 Å². The second kappa shape index (κ2) is 5.07. The molecule has 0 bridgehead atoms. The van der Waals surface area contributed by atoms with Gasteiger partial charge in [0.25, 0.3) is 0 Å². The molecule has 0 radical (unpaired) electrons. The van der Waals surface area contributed by atoms with E-state index in [-0.39, 0.29) is 11.1 Å². The van der Waals surface area contributed by atoms with E-state index >= 15 is 0 Å². The first-order valence-corrected chi connectivity index (χ1v) is 6.70. The molecule has 1 saturated heterocycles. The minimum atomic E-state index is -0.193. The summed E-state index contributed by atoms with van der Waals surface area (Å²) in [6.07, 6.45) is 4.23. The van der Waals surface area contributed by atoms with Gasteiger partial charge in [0.2, 0.25) is 0 Å². The molecule has 1 heterocycles. The van der Waals surface area contributed by atoms with Crippen molar-refractivity contribution in [1.82, 2.24) is 5.06 Å². The molecule has 0 aromatic carbocycles. The number of Topliss-reactive ketones (excluding diaryl/α,β-unsaturated/α-hetero) is 1. The Hall–Kier alpha value is -0.410. The summed E-state index contributed by atoms with van der Waals surface area (Å²) in [4.78, 5) is 11.4. The number of rotatable bonds is 4. The van der Waals surface area contributed by atoms with Gasteiger partial charge in [0.05, 0.1) is 0 Å². The van der Waals surface area contributed by atoms with Gasteiger partial charge in [0, 0.05) is 23.9 Å². The van der Waals surface area contributed by atoms with Crippen molar-refractivity contribution in [2.45, 2.75) is 77.8 Å². The summed E-state index contributed by atoms with van der Waals surface area (Å²) >= 11 is 0. The molecule has 0 aromatic rings. The van der Waals surface area contributed by atoms with Crippen LogP contribution in [0.4, 0.5) is 0 Å². The Labute approximate surface area is 105 Å². The van der Waals surface area contributed by atoms with E-state index in [0.717, 1.165) is 19.3 Å². The van der Waals surface area contributed by atoms with Gasteiger partial charge in [-0.1, -0.05) is 6.92 Å². The maximum Gasteiger partial charge on any atom is 0.132 e. The molecule has 1 aliphatic heterocycles. The van der Waals surface area contributed by atoms with Crippen molar-refractivity contribution in [3.05, 3.63) is 0 Å². The van der Waals surface area contributed by atoms with Crippen molar-refractivity contribution in [3.8, 4) is 0 Å². The number of hydroxylamine groups is 2. The van der Waals surface area contributed by atoms with E-state index in [4.69, 9.17) is 0 Å². The topological polar surface area (TPSA) is 40.5 Å². The van der Waals surface area contributed by atoms with Crippen molar-refractivity contribution >= 4 is 5.78 Å². The average Bonchev–Trinajstić information content (AvgIpc) is 2.21. The highest BCUT2D eigenvalue weighted by atomic mass is 16.5. The summed E-state index contributed by atoms with van der Waals surface area (Å²) in [5, 5.41) is 11.7. The molecular weight excluding hydrogens is 214 g/mol. The zero-order valence-corrected chi connectivity index (χ0v) is 11.9. The summed E-state index contributed by atoms with van der Waals surface area (Å²) in [6, 6.07) is 0. The number of carbonyl (C=O) groups excluding carboxylic acids is 1. The van der Waals surface area contributed by atoms with Crippen LogP contribution in [0, 0.1) is 5.92 Å².